The van der Waals surface area contributed by atoms with Crippen LogP contribution in [0.5, 0.6) is 5.75 Å². The van der Waals surface area contributed by atoms with Crippen LogP contribution in [0.3, 0.4) is 0 Å². The van der Waals surface area contributed by atoms with E-state index in [1.54, 1.807) is 24.8 Å². The first-order valence-corrected chi connectivity index (χ1v) is 10.2. The van der Waals surface area contributed by atoms with Gasteiger partial charge in [0.15, 0.2) is 17.3 Å². The topological polar surface area (TPSA) is 75.7 Å². The van der Waals surface area contributed by atoms with Gasteiger partial charge >= 0.3 is 0 Å². The second-order valence-electron chi connectivity index (χ2n) is 6.67. The summed E-state index contributed by atoms with van der Waals surface area (Å²) in [6.07, 6.45) is 2.53. The average molecular weight is 401 g/mol. The van der Waals surface area contributed by atoms with Crippen LogP contribution in [0.2, 0.25) is 0 Å². The maximum atomic E-state index is 5.22. The van der Waals surface area contributed by atoms with E-state index in [0.717, 1.165) is 41.0 Å². The van der Waals surface area contributed by atoms with Gasteiger partial charge in [-0.15, -0.1) is 11.3 Å². The second-order valence-corrected chi connectivity index (χ2v) is 7.58. The molecule has 2 aromatic carbocycles. The number of rotatable bonds is 6. The minimum atomic E-state index is 0.664. The van der Waals surface area contributed by atoms with Crippen molar-refractivity contribution < 1.29 is 4.74 Å². The van der Waals surface area contributed by atoms with Gasteiger partial charge in [0.2, 0.25) is 0 Å². The Balaban J connectivity index is 1.43. The van der Waals surface area contributed by atoms with Crippen molar-refractivity contribution in [3.8, 4) is 17.1 Å². The maximum absolute atomic E-state index is 5.22. The van der Waals surface area contributed by atoms with Gasteiger partial charge in [-0.05, 0) is 30.2 Å². The number of aromatic amines is 1. The molecule has 5 rings (SSSR count). The summed E-state index contributed by atoms with van der Waals surface area (Å²) in [6.45, 7) is 0.751. The van der Waals surface area contributed by atoms with Crippen LogP contribution in [-0.4, -0.2) is 33.6 Å². The molecule has 0 atom stereocenters. The van der Waals surface area contributed by atoms with E-state index in [9.17, 15) is 0 Å². The summed E-state index contributed by atoms with van der Waals surface area (Å²) >= 11 is 1.70. The van der Waals surface area contributed by atoms with Gasteiger partial charge in [-0.2, -0.15) is 0 Å². The molecule has 29 heavy (non-hydrogen) atoms. The minimum absolute atomic E-state index is 0.664. The highest BCUT2D eigenvalue weighted by molar-refractivity contribution is 7.17. The van der Waals surface area contributed by atoms with Crippen LogP contribution in [0, 0.1) is 0 Å². The van der Waals surface area contributed by atoms with Gasteiger partial charge < -0.3 is 15.0 Å². The van der Waals surface area contributed by atoms with E-state index in [4.69, 9.17) is 9.72 Å². The van der Waals surface area contributed by atoms with Crippen molar-refractivity contribution in [3.05, 3.63) is 65.8 Å². The van der Waals surface area contributed by atoms with Crippen molar-refractivity contribution in [2.75, 3.05) is 19.0 Å². The predicted molar refractivity (Wildman–Crippen MR) is 118 cm³/mol. The van der Waals surface area contributed by atoms with Gasteiger partial charge in [0.25, 0.3) is 0 Å². The highest BCUT2D eigenvalue weighted by Crippen LogP contribution is 2.33. The Morgan fingerprint density at radius 3 is 2.79 bits per heavy atom. The van der Waals surface area contributed by atoms with E-state index in [1.807, 2.05) is 24.3 Å². The molecule has 0 aliphatic rings. The summed E-state index contributed by atoms with van der Waals surface area (Å²) in [5.41, 5.74) is 3.76. The summed E-state index contributed by atoms with van der Waals surface area (Å²) < 4.78 is 6.44. The summed E-state index contributed by atoms with van der Waals surface area (Å²) in [5.74, 6) is 2.32. The highest BCUT2D eigenvalue weighted by atomic mass is 32.1. The number of H-pyrrole nitrogens is 1. The molecule has 0 saturated carbocycles. The fraction of sp³-hybridized carbons (Fsp3) is 0.136. The van der Waals surface area contributed by atoms with E-state index < -0.39 is 0 Å². The summed E-state index contributed by atoms with van der Waals surface area (Å²) in [6, 6.07) is 16.4. The maximum Gasteiger partial charge on any atom is 0.183 e. The molecule has 0 bridgehead atoms. The predicted octanol–water partition coefficient (Wildman–Crippen LogP) is 4.90. The standard InChI is InChI=1S/C22H19N5OS/c1-28-15-8-6-14(7-9-15)10-11-23-21-19-22(25-13-24-19)27-20(26-21)17-12-29-18-5-3-2-4-16(17)18/h2-9,12-13H,10-11H2,1H3,(H2,23,24,25,26,27). The smallest absolute Gasteiger partial charge is 0.183 e. The number of nitrogens with one attached hydrogen (secondary N) is 2. The zero-order chi connectivity index (χ0) is 19.6. The lowest BCUT2D eigenvalue weighted by Gasteiger charge is -2.09. The molecule has 0 amide bonds. The highest BCUT2D eigenvalue weighted by Gasteiger charge is 2.14. The van der Waals surface area contributed by atoms with Crippen molar-refractivity contribution in [1.29, 1.82) is 0 Å². The van der Waals surface area contributed by atoms with Crippen molar-refractivity contribution in [2.45, 2.75) is 6.42 Å². The first kappa shape index (κ1) is 17.6. The van der Waals surface area contributed by atoms with Crippen LogP contribution < -0.4 is 10.1 Å². The number of ether oxygens (including phenoxy) is 1. The molecule has 2 N–H and O–H groups in total. The number of fused-ring (bicyclic) bond motifs is 2. The van der Waals surface area contributed by atoms with Crippen LogP contribution >= 0.6 is 11.3 Å². The molecule has 0 spiro atoms. The van der Waals surface area contributed by atoms with Crippen LogP contribution in [0.25, 0.3) is 32.6 Å². The summed E-state index contributed by atoms with van der Waals surface area (Å²) in [4.78, 5) is 17.0. The minimum Gasteiger partial charge on any atom is -0.497 e. The molecule has 0 aliphatic heterocycles. The number of anilines is 1. The number of methoxy groups -OCH3 is 1. The van der Waals surface area contributed by atoms with E-state index in [0.29, 0.717) is 11.5 Å². The van der Waals surface area contributed by atoms with Crippen LogP contribution in [0.15, 0.2) is 60.2 Å². The Bertz CT molecular complexity index is 1280. The third-order valence-electron chi connectivity index (χ3n) is 4.87. The molecular formula is C22H19N5OS. The van der Waals surface area contributed by atoms with Crippen molar-refractivity contribution in [2.24, 2.45) is 0 Å². The lowest BCUT2D eigenvalue weighted by molar-refractivity contribution is 0.414. The van der Waals surface area contributed by atoms with Gasteiger partial charge in [-0.3, -0.25) is 0 Å². The molecule has 0 unspecified atom stereocenters. The van der Waals surface area contributed by atoms with E-state index in [-0.39, 0.29) is 0 Å². The van der Waals surface area contributed by atoms with Crippen molar-refractivity contribution in [1.82, 2.24) is 19.9 Å². The molecular weight excluding hydrogens is 382 g/mol. The van der Waals surface area contributed by atoms with Crippen LogP contribution in [0.1, 0.15) is 5.56 Å². The number of nitrogens with zero attached hydrogens (tertiary/aromatic N) is 3. The fourth-order valence-electron chi connectivity index (χ4n) is 3.35. The molecule has 3 aromatic heterocycles. The van der Waals surface area contributed by atoms with Gasteiger partial charge in [0, 0.05) is 27.6 Å². The van der Waals surface area contributed by atoms with E-state index >= 15 is 0 Å². The molecule has 7 heteroatoms. The summed E-state index contributed by atoms with van der Waals surface area (Å²) in [5, 5.41) is 6.73. The Morgan fingerprint density at radius 2 is 1.93 bits per heavy atom. The molecule has 0 aliphatic carbocycles. The SMILES string of the molecule is COc1ccc(CCNc2nc(-c3csc4ccccc34)nc3nc[nH]c23)cc1. The molecule has 0 saturated heterocycles. The van der Waals surface area contributed by atoms with Gasteiger partial charge in [-0.1, -0.05) is 30.3 Å². The third-order valence-corrected chi connectivity index (χ3v) is 5.84. The molecule has 0 fully saturated rings. The third kappa shape index (κ3) is 3.40. The Kier molecular flexibility index (Phi) is 4.57. The number of hydrogen-bond donors (Lipinski definition) is 2. The summed E-state index contributed by atoms with van der Waals surface area (Å²) in [7, 11) is 1.68. The first-order chi connectivity index (χ1) is 14.3. The van der Waals surface area contributed by atoms with Crippen LogP contribution in [0.4, 0.5) is 5.82 Å². The normalized spacial score (nSPS) is 11.2. The van der Waals surface area contributed by atoms with E-state index in [2.05, 4.69) is 49.9 Å². The first-order valence-electron chi connectivity index (χ1n) is 9.36. The quantitative estimate of drug-likeness (QED) is 0.423. The number of imidazole rings is 1. The lowest BCUT2D eigenvalue weighted by Crippen LogP contribution is -2.08. The Labute approximate surface area is 171 Å². The zero-order valence-corrected chi connectivity index (χ0v) is 16.7. The lowest BCUT2D eigenvalue weighted by atomic mass is 10.1. The van der Waals surface area contributed by atoms with Crippen LogP contribution in [-0.2, 0) is 6.42 Å². The molecule has 144 valence electrons. The molecule has 3 heterocycles. The Hall–Kier alpha value is -3.45. The fourth-order valence-corrected chi connectivity index (χ4v) is 4.29. The molecule has 0 radical (unpaired) electrons. The average Bonchev–Trinajstić information content (AvgIpc) is 3.41. The van der Waals surface area contributed by atoms with Gasteiger partial charge in [0.05, 0.1) is 13.4 Å². The number of hydrogen-bond acceptors (Lipinski definition) is 6. The number of aromatic nitrogens is 4. The monoisotopic (exact) mass is 401 g/mol. The van der Waals surface area contributed by atoms with Gasteiger partial charge in [-0.25, -0.2) is 15.0 Å². The largest absolute Gasteiger partial charge is 0.497 e. The van der Waals surface area contributed by atoms with E-state index in [1.165, 1.54) is 10.3 Å². The zero-order valence-electron chi connectivity index (χ0n) is 15.8. The molecule has 6 nitrogen and oxygen atoms in total. The van der Waals surface area contributed by atoms with Crippen molar-refractivity contribution in [3.63, 3.8) is 0 Å². The Morgan fingerprint density at radius 1 is 1.07 bits per heavy atom. The van der Waals surface area contributed by atoms with Gasteiger partial charge in [0.1, 0.15) is 11.3 Å². The van der Waals surface area contributed by atoms with Crippen molar-refractivity contribution >= 4 is 38.4 Å². The molecule has 5 aromatic rings. The number of thiophene rings is 1. The number of benzene rings is 2. The second kappa shape index (κ2) is 7.52.